The van der Waals surface area contributed by atoms with Gasteiger partial charge in [-0.1, -0.05) is 0 Å². The second kappa shape index (κ2) is 3.97. The lowest BCUT2D eigenvalue weighted by Gasteiger charge is -2.29. The number of pyridine rings is 1. The van der Waals surface area contributed by atoms with Crippen LogP contribution in [-0.2, 0) is 0 Å². The van der Waals surface area contributed by atoms with Gasteiger partial charge >= 0.3 is 5.97 Å². The number of hydrogen-bond donors (Lipinski definition) is 1. The van der Waals surface area contributed by atoms with Crippen LogP contribution in [0, 0.1) is 19.8 Å². The van der Waals surface area contributed by atoms with Crippen LogP contribution < -0.4 is 4.90 Å². The van der Waals surface area contributed by atoms with Crippen molar-refractivity contribution in [3.63, 3.8) is 0 Å². The highest BCUT2D eigenvalue weighted by Crippen LogP contribution is 2.41. The molecule has 4 heteroatoms. The first kappa shape index (κ1) is 11.5. The summed E-state index contributed by atoms with van der Waals surface area (Å²) in [5.41, 5.74) is 2.09. The first-order valence-electron chi connectivity index (χ1n) is 6.54. The predicted molar refractivity (Wildman–Crippen MR) is 69.1 cm³/mol. The van der Waals surface area contributed by atoms with Gasteiger partial charge in [0.05, 0.1) is 0 Å². The van der Waals surface area contributed by atoms with Gasteiger partial charge in [0.25, 0.3) is 0 Å². The first-order valence-corrected chi connectivity index (χ1v) is 6.54. The summed E-state index contributed by atoms with van der Waals surface area (Å²) in [5.74, 6) is 0.559. The van der Waals surface area contributed by atoms with Crippen LogP contribution in [0.3, 0.4) is 0 Å². The van der Waals surface area contributed by atoms with Gasteiger partial charge < -0.3 is 10.0 Å². The van der Waals surface area contributed by atoms with Gasteiger partial charge in [-0.05, 0) is 50.7 Å². The topological polar surface area (TPSA) is 53.4 Å². The molecular formula is C14H18N2O2. The van der Waals surface area contributed by atoms with Crippen LogP contribution in [0.1, 0.15) is 40.9 Å². The Hall–Kier alpha value is -1.58. The average molecular weight is 246 g/mol. The smallest absolute Gasteiger partial charge is 0.339 e. The minimum Gasteiger partial charge on any atom is -0.478 e. The average Bonchev–Trinajstić information content (AvgIpc) is 2.88. The zero-order valence-electron chi connectivity index (χ0n) is 10.8. The van der Waals surface area contributed by atoms with Gasteiger partial charge in [0.1, 0.15) is 11.4 Å². The standard InChI is InChI=1S/C14H18N2O2/c1-8-5-9(2)15-13(12(8)14(17)18)16-7-10-3-4-11(16)6-10/h5,10-11H,3-4,6-7H2,1-2H3,(H,17,18). The molecule has 2 bridgehead atoms. The third-order valence-corrected chi connectivity index (χ3v) is 4.22. The Bertz CT molecular complexity index is 513. The number of piperidine rings is 1. The Morgan fingerprint density at radius 2 is 2.22 bits per heavy atom. The maximum Gasteiger partial charge on any atom is 0.339 e. The van der Waals surface area contributed by atoms with Gasteiger partial charge in [-0.2, -0.15) is 0 Å². The Labute approximate surface area is 107 Å². The van der Waals surface area contributed by atoms with Crippen LogP contribution in [0.5, 0.6) is 0 Å². The van der Waals surface area contributed by atoms with E-state index in [1.807, 2.05) is 19.9 Å². The monoisotopic (exact) mass is 246 g/mol. The molecule has 3 rings (SSSR count). The van der Waals surface area contributed by atoms with Crippen LogP contribution in [0.4, 0.5) is 5.82 Å². The molecule has 18 heavy (non-hydrogen) atoms. The zero-order valence-corrected chi connectivity index (χ0v) is 10.8. The number of carboxylic acids is 1. The largest absolute Gasteiger partial charge is 0.478 e. The molecular weight excluding hydrogens is 228 g/mol. The summed E-state index contributed by atoms with van der Waals surface area (Å²) < 4.78 is 0. The highest BCUT2D eigenvalue weighted by atomic mass is 16.4. The number of rotatable bonds is 2. The van der Waals surface area contributed by atoms with Crippen LogP contribution in [0.25, 0.3) is 0 Å². The van der Waals surface area contributed by atoms with Gasteiger partial charge in [-0.25, -0.2) is 9.78 Å². The molecule has 96 valence electrons. The molecule has 0 aromatic carbocycles. The first-order chi connectivity index (χ1) is 8.56. The van der Waals surface area contributed by atoms with Gasteiger partial charge in [0.2, 0.25) is 0 Å². The number of nitrogens with zero attached hydrogens (tertiary/aromatic N) is 2. The van der Waals surface area contributed by atoms with Crippen molar-refractivity contribution < 1.29 is 9.90 Å². The SMILES string of the molecule is Cc1cc(C)c(C(=O)O)c(N2CC3CCC2C3)n1. The number of fused-ring (bicyclic) bond motifs is 2. The second-order valence-electron chi connectivity index (χ2n) is 5.57. The minimum absolute atomic E-state index is 0.383. The second-order valence-corrected chi connectivity index (χ2v) is 5.57. The summed E-state index contributed by atoms with van der Waals surface area (Å²) in [5, 5.41) is 9.40. The summed E-state index contributed by atoms with van der Waals surface area (Å²) in [4.78, 5) is 18.2. The van der Waals surface area contributed by atoms with E-state index in [9.17, 15) is 9.90 Å². The number of carboxylic acid groups (broad SMARTS) is 1. The Morgan fingerprint density at radius 3 is 2.78 bits per heavy atom. The lowest BCUT2D eigenvalue weighted by Crippen LogP contribution is -2.34. The lowest BCUT2D eigenvalue weighted by atomic mass is 10.1. The molecule has 0 spiro atoms. The molecule has 2 unspecified atom stereocenters. The van der Waals surface area contributed by atoms with Gasteiger partial charge in [0, 0.05) is 18.3 Å². The number of hydrogen-bond acceptors (Lipinski definition) is 3. The molecule has 4 nitrogen and oxygen atoms in total. The fraction of sp³-hybridized carbons (Fsp3) is 0.571. The fourth-order valence-electron chi connectivity index (χ4n) is 3.47. The predicted octanol–water partition coefficient (Wildman–Crippen LogP) is 2.39. The minimum atomic E-state index is -0.863. The molecule has 2 aliphatic rings. The molecule has 0 amide bonds. The molecule has 2 fully saturated rings. The Morgan fingerprint density at radius 1 is 1.44 bits per heavy atom. The van der Waals surface area contributed by atoms with Crippen molar-refractivity contribution in [2.45, 2.75) is 39.2 Å². The van der Waals surface area contributed by atoms with E-state index in [1.165, 1.54) is 19.3 Å². The highest BCUT2D eigenvalue weighted by molar-refractivity contribution is 5.95. The maximum atomic E-state index is 11.5. The van der Waals surface area contributed by atoms with E-state index in [2.05, 4.69) is 9.88 Å². The molecule has 1 aromatic heterocycles. The molecule has 1 aromatic rings. The third kappa shape index (κ3) is 1.67. The highest BCUT2D eigenvalue weighted by Gasteiger charge is 2.40. The van der Waals surface area contributed by atoms with Gasteiger partial charge in [-0.15, -0.1) is 0 Å². The quantitative estimate of drug-likeness (QED) is 0.870. The van der Waals surface area contributed by atoms with E-state index < -0.39 is 5.97 Å². The molecule has 1 aliphatic carbocycles. The van der Waals surface area contributed by atoms with Gasteiger partial charge in [0.15, 0.2) is 0 Å². The van der Waals surface area contributed by atoms with Crippen LogP contribution in [0.15, 0.2) is 6.07 Å². The van der Waals surface area contributed by atoms with Crippen molar-refractivity contribution >= 4 is 11.8 Å². The van der Waals surface area contributed by atoms with Crippen molar-refractivity contribution in [2.24, 2.45) is 5.92 Å². The van der Waals surface area contributed by atoms with Crippen molar-refractivity contribution in [3.05, 3.63) is 22.9 Å². The summed E-state index contributed by atoms with van der Waals surface area (Å²) in [7, 11) is 0. The van der Waals surface area contributed by atoms with Crippen molar-refractivity contribution in [3.8, 4) is 0 Å². The van der Waals surface area contributed by atoms with Crippen molar-refractivity contribution in [1.29, 1.82) is 0 Å². The number of aromatic nitrogens is 1. The number of aryl methyl sites for hydroxylation is 2. The third-order valence-electron chi connectivity index (χ3n) is 4.22. The van der Waals surface area contributed by atoms with E-state index in [0.717, 1.165) is 23.7 Å². The van der Waals surface area contributed by atoms with E-state index in [1.54, 1.807) is 0 Å². The Balaban J connectivity index is 2.08. The summed E-state index contributed by atoms with van der Waals surface area (Å²) in [6.07, 6.45) is 3.67. The van der Waals surface area contributed by atoms with E-state index in [-0.39, 0.29) is 0 Å². The molecule has 1 aliphatic heterocycles. The van der Waals surface area contributed by atoms with Crippen LogP contribution in [-0.4, -0.2) is 28.6 Å². The molecule has 0 radical (unpaired) electrons. The fourth-order valence-corrected chi connectivity index (χ4v) is 3.47. The van der Waals surface area contributed by atoms with Crippen LogP contribution >= 0.6 is 0 Å². The van der Waals surface area contributed by atoms with Crippen molar-refractivity contribution in [2.75, 3.05) is 11.4 Å². The van der Waals surface area contributed by atoms with E-state index in [4.69, 9.17) is 0 Å². The molecule has 1 saturated carbocycles. The number of carbonyl (C=O) groups is 1. The lowest BCUT2D eigenvalue weighted by molar-refractivity contribution is 0.0696. The number of anilines is 1. The van der Waals surface area contributed by atoms with Crippen molar-refractivity contribution in [1.82, 2.24) is 4.98 Å². The Kier molecular flexibility index (Phi) is 2.54. The molecule has 2 heterocycles. The molecule has 1 saturated heterocycles. The van der Waals surface area contributed by atoms with E-state index in [0.29, 0.717) is 17.4 Å². The summed E-state index contributed by atoms with van der Waals surface area (Å²) >= 11 is 0. The van der Waals surface area contributed by atoms with E-state index >= 15 is 0 Å². The maximum absolute atomic E-state index is 11.5. The molecule has 2 atom stereocenters. The summed E-state index contributed by atoms with van der Waals surface area (Å²) in [6.45, 7) is 4.76. The zero-order chi connectivity index (χ0) is 12.9. The van der Waals surface area contributed by atoms with Crippen LogP contribution in [0.2, 0.25) is 0 Å². The summed E-state index contributed by atoms with van der Waals surface area (Å²) in [6, 6.07) is 2.35. The van der Waals surface area contributed by atoms with Gasteiger partial charge in [-0.3, -0.25) is 0 Å². The molecule has 1 N–H and O–H groups in total. The number of aromatic carboxylic acids is 1. The normalized spacial score (nSPS) is 25.8.